The lowest BCUT2D eigenvalue weighted by Crippen LogP contribution is -2.30. The number of nitrogens with one attached hydrogen (secondary N) is 1. The second-order valence-electron chi connectivity index (χ2n) is 6.67. The molecule has 27 heavy (non-hydrogen) atoms. The van der Waals surface area contributed by atoms with Crippen molar-refractivity contribution >= 4 is 27.9 Å². The highest BCUT2D eigenvalue weighted by atomic mass is 32.1. The van der Waals surface area contributed by atoms with Gasteiger partial charge in [0.2, 0.25) is 0 Å². The van der Waals surface area contributed by atoms with Gasteiger partial charge >= 0.3 is 0 Å². The fourth-order valence-electron chi connectivity index (χ4n) is 3.07. The zero-order chi connectivity index (χ0) is 19.6. The van der Waals surface area contributed by atoms with Gasteiger partial charge in [-0.3, -0.25) is 14.9 Å². The molecule has 140 valence electrons. The van der Waals surface area contributed by atoms with Crippen molar-refractivity contribution in [3.05, 3.63) is 50.4 Å². The van der Waals surface area contributed by atoms with Crippen molar-refractivity contribution in [3.63, 3.8) is 0 Å². The largest absolute Gasteiger partial charge is 0.481 e. The highest BCUT2D eigenvalue weighted by Crippen LogP contribution is 2.39. The molecule has 8 heteroatoms. The standard InChI is InChI=1S/C19H19N3O4S/c1-11-3-8-15-16(10-20)19(27-17(15)9-11)21-18(23)12(2)26-14-6-4-13(5-7-14)22(24)25/h4-7,11-12H,3,8-9H2,1-2H3,(H,21,23)/t11-,12-/m0/s1. The maximum absolute atomic E-state index is 12.5. The third-order valence-electron chi connectivity index (χ3n) is 4.59. The summed E-state index contributed by atoms with van der Waals surface area (Å²) in [6.07, 6.45) is 2.03. The van der Waals surface area contributed by atoms with Crippen LogP contribution in [0.5, 0.6) is 5.75 Å². The van der Waals surface area contributed by atoms with Gasteiger partial charge in [-0.1, -0.05) is 6.92 Å². The van der Waals surface area contributed by atoms with Gasteiger partial charge in [-0.15, -0.1) is 11.3 Å². The number of carbonyl (C=O) groups excluding carboxylic acids is 1. The minimum atomic E-state index is -0.809. The zero-order valence-corrected chi connectivity index (χ0v) is 15.8. The highest BCUT2D eigenvalue weighted by molar-refractivity contribution is 7.16. The first-order chi connectivity index (χ1) is 12.9. The Morgan fingerprint density at radius 3 is 2.78 bits per heavy atom. The van der Waals surface area contributed by atoms with E-state index < -0.39 is 11.0 Å². The van der Waals surface area contributed by atoms with E-state index in [2.05, 4.69) is 18.3 Å². The Morgan fingerprint density at radius 1 is 1.44 bits per heavy atom. The van der Waals surface area contributed by atoms with Crippen LogP contribution in [-0.4, -0.2) is 16.9 Å². The van der Waals surface area contributed by atoms with E-state index in [1.807, 2.05) is 0 Å². The van der Waals surface area contributed by atoms with E-state index in [-0.39, 0.29) is 11.6 Å². The van der Waals surface area contributed by atoms with Crippen LogP contribution in [0.1, 0.15) is 36.3 Å². The van der Waals surface area contributed by atoms with Crippen LogP contribution in [0, 0.1) is 27.4 Å². The summed E-state index contributed by atoms with van der Waals surface area (Å²) in [5.41, 5.74) is 1.56. The average Bonchev–Trinajstić information content (AvgIpc) is 2.97. The molecule has 1 aromatic carbocycles. The SMILES string of the molecule is C[C@H]1CCc2c(sc(NC(=O)[C@H](C)Oc3ccc([N+](=O)[O-])cc3)c2C#N)C1. The maximum Gasteiger partial charge on any atom is 0.269 e. The molecule has 0 unspecified atom stereocenters. The summed E-state index contributed by atoms with van der Waals surface area (Å²) < 4.78 is 5.56. The van der Waals surface area contributed by atoms with Gasteiger partial charge in [0, 0.05) is 17.0 Å². The molecule has 0 saturated carbocycles. The maximum atomic E-state index is 12.5. The van der Waals surface area contributed by atoms with Gasteiger partial charge < -0.3 is 10.1 Å². The third-order valence-corrected chi connectivity index (χ3v) is 5.76. The smallest absolute Gasteiger partial charge is 0.269 e. The van der Waals surface area contributed by atoms with Gasteiger partial charge in [-0.25, -0.2) is 0 Å². The van der Waals surface area contributed by atoms with Gasteiger partial charge in [0.25, 0.3) is 11.6 Å². The van der Waals surface area contributed by atoms with E-state index in [0.717, 1.165) is 24.8 Å². The minimum Gasteiger partial charge on any atom is -0.481 e. The second kappa shape index (κ2) is 7.76. The van der Waals surface area contributed by atoms with E-state index in [9.17, 15) is 20.2 Å². The molecule has 0 bridgehead atoms. The van der Waals surface area contributed by atoms with Gasteiger partial charge in [0.05, 0.1) is 10.5 Å². The van der Waals surface area contributed by atoms with Gasteiger partial charge in [0.1, 0.15) is 16.8 Å². The zero-order valence-electron chi connectivity index (χ0n) is 15.0. The van der Waals surface area contributed by atoms with E-state index in [4.69, 9.17) is 4.74 Å². The fourth-order valence-corrected chi connectivity index (χ4v) is 4.44. The van der Waals surface area contributed by atoms with Crippen LogP contribution in [0.2, 0.25) is 0 Å². The second-order valence-corrected chi connectivity index (χ2v) is 7.77. The Bertz CT molecular complexity index is 914. The van der Waals surface area contributed by atoms with Crippen molar-refractivity contribution in [1.29, 1.82) is 5.26 Å². The van der Waals surface area contributed by atoms with Crippen LogP contribution < -0.4 is 10.1 Å². The van der Waals surface area contributed by atoms with Crippen LogP contribution >= 0.6 is 11.3 Å². The number of fused-ring (bicyclic) bond motifs is 1. The number of non-ortho nitro benzene ring substituents is 1. The van der Waals surface area contributed by atoms with Crippen molar-refractivity contribution in [2.45, 2.75) is 39.2 Å². The number of anilines is 1. The Balaban J connectivity index is 1.70. The summed E-state index contributed by atoms with van der Waals surface area (Å²) in [6, 6.07) is 7.77. The number of ether oxygens (including phenoxy) is 1. The Hall–Kier alpha value is -2.92. The number of nitrogens with zero attached hydrogens (tertiary/aromatic N) is 2. The van der Waals surface area contributed by atoms with E-state index in [1.165, 1.54) is 40.5 Å². The predicted molar refractivity (Wildman–Crippen MR) is 102 cm³/mol. The predicted octanol–water partition coefficient (Wildman–Crippen LogP) is 4.06. The highest BCUT2D eigenvalue weighted by Gasteiger charge is 2.26. The number of thiophene rings is 1. The molecule has 3 rings (SSSR count). The molecule has 1 aliphatic carbocycles. The lowest BCUT2D eigenvalue weighted by Gasteiger charge is -2.17. The molecule has 0 spiro atoms. The first kappa shape index (κ1) is 18.9. The molecule has 0 radical (unpaired) electrons. The van der Waals surface area contributed by atoms with Crippen LogP contribution in [-0.2, 0) is 17.6 Å². The minimum absolute atomic E-state index is 0.0449. The monoisotopic (exact) mass is 385 g/mol. The van der Waals surface area contributed by atoms with Crippen molar-refractivity contribution in [2.24, 2.45) is 5.92 Å². The van der Waals surface area contributed by atoms with Crippen LogP contribution in [0.4, 0.5) is 10.7 Å². The number of carbonyl (C=O) groups is 1. The quantitative estimate of drug-likeness (QED) is 0.617. The van der Waals surface area contributed by atoms with E-state index >= 15 is 0 Å². The average molecular weight is 385 g/mol. The molecule has 1 amide bonds. The number of rotatable bonds is 5. The number of nitro groups is 1. The van der Waals surface area contributed by atoms with E-state index in [1.54, 1.807) is 6.92 Å². The molecule has 0 aliphatic heterocycles. The Morgan fingerprint density at radius 2 is 2.15 bits per heavy atom. The Kier molecular flexibility index (Phi) is 5.42. The number of nitriles is 1. The van der Waals surface area contributed by atoms with Crippen LogP contribution in [0.3, 0.4) is 0 Å². The fraction of sp³-hybridized carbons (Fsp3) is 0.368. The molecule has 1 heterocycles. The summed E-state index contributed by atoms with van der Waals surface area (Å²) >= 11 is 1.46. The summed E-state index contributed by atoms with van der Waals surface area (Å²) in [6.45, 7) is 3.78. The van der Waals surface area contributed by atoms with Crippen LogP contribution in [0.25, 0.3) is 0 Å². The van der Waals surface area contributed by atoms with Gasteiger partial charge in [-0.05, 0) is 49.8 Å². The summed E-state index contributed by atoms with van der Waals surface area (Å²) in [5.74, 6) is 0.579. The summed E-state index contributed by atoms with van der Waals surface area (Å²) in [4.78, 5) is 23.8. The van der Waals surface area contributed by atoms with Crippen molar-refractivity contribution in [1.82, 2.24) is 0 Å². The van der Waals surface area contributed by atoms with E-state index in [0.29, 0.717) is 22.2 Å². The molecular weight excluding hydrogens is 366 g/mol. The van der Waals surface area contributed by atoms with Gasteiger partial charge in [0.15, 0.2) is 6.10 Å². The molecule has 1 N–H and O–H groups in total. The van der Waals surface area contributed by atoms with Crippen molar-refractivity contribution in [2.75, 3.05) is 5.32 Å². The topological polar surface area (TPSA) is 105 Å². The molecule has 2 aromatic rings. The first-order valence-corrected chi connectivity index (χ1v) is 9.47. The molecule has 1 aliphatic rings. The first-order valence-electron chi connectivity index (χ1n) is 8.65. The molecule has 0 saturated heterocycles. The van der Waals surface area contributed by atoms with Crippen molar-refractivity contribution in [3.8, 4) is 11.8 Å². The number of amides is 1. The third kappa shape index (κ3) is 4.09. The number of hydrogen-bond acceptors (Lipinski definition) is 6. The Labute approximate surface area is 160 Å². The molecule has 1 aromatic heterocycles. The number of benzene rings is 1. The molecule has 2 atom stereocenters. The molecular formula is C19H19N3O4S. The normalized spacial score (nSPS) is 16.7. The summed E-state index contributed by atoms with van der Waals surface area (Å²) in [5, 5.41) is 23.6. The lowest BCUT2D eigenvalue weighted by molar-refractivity contribution is -0.384. The van der Waals surface area contributed by atoms with Gasteiger partial charge in [-0.2, -0.15) is 5.26 Å². The molecule has 7 nitrogen and oxygen atoms in total. The lowest BCUT2D eigenvalue weighted by atomic mass is 9.88. The van der Waals surface area contributed by atoms with Crippen LogP contribution in [0.15, 0.2) is 24.3 Å². The molecule has 0 fully saturated rings. The van der Waals surface area contributed by atoms with Crippen molar-refractivity contribution < 1.29 is 14.5 Å². The number of hydrogen-bond donors (Lipinski definition) is 1. The number of nitro benzene ring substituents is 1. The summed E-state index contributed by atoms with van der Waals surface area (Å²) in [7, 11) is 0.